The van der Waals surface area contributed by atoms with Gasteiger partial charge in [0.15, 0.2) is 11.5 Å². The Morgan fingerprint density at radius 2 is 1.95 bits per heavy atom. The van der Waals surface area contributed by atoms with E-state index in [1.165, 1.54) is 0 Å². The number of rotatable bonds is 4. The zero-order chi connectivity index (χ0) is 13.9. The Labute approximate surface area is 118 Å². The van der Waals surface area contributed by atoms with E-state index >= 15 is 0 Å². The predicted octanol–water partition coefficient (Wildman–Crippen LogP) is 2.97. The Bertz CT molecular complexity index is 612. The molecule has 104 valence electrons. The molecule has 1 aliphatic heterocycles. The Morgan fingerprint density at radius 3 is 2.80 bits per heavy atom. The highest BCUT2D eigenvalue weighted by molar-refractivity contribution is 5.44. The number of phenols is 1. The second-order valence-corrected chi connectivity index (χ2v) is 4.85. The molecule has 0 unspecified atom stereocenters. The van der Waals surface area contributed by atoms with Crippen LogP contribution in [-0.4, -0.2) is 11.9 Å². The van der Waals surface area contributed by atoms with Gasteiger partial charge in [-0.2, -0.15) is 0 Å². The lowest BCUT2D eigenvalue weighted by Crippen LogP contribution is -2.18. The van der Waals surface area contributed by atoms with Gasteiger partial charge in [0, 0.05) is 18.2 Å². The topological polar surface area (TPSA) is 50.7 Å². The fourth-order valence-electron chi connectivity index (χ4n) is 2.29. The summed E-state index contributed by atoms with van der Waals surface area (Å²) in [7, 11) is 0. The lowest BCUT2D eigenvalue weighted by Gasteiger charge is -2.15. The second-order valence-electron chi connectivity index (χ2n) is 4.85. The van der Waals surface area contributed by atoms with E-state index in [1.54, 1.807) is 6.07 Å². The summed E-state index contributed by atoms with van der Waals surface area (Å²) in [4.78, 5) is 0. The third-order valence-corrected chi connectivity index (χ3v) is 3.45. The molecule has 1 atom stereocenters. The van der Waals surface area contributed by atoms with E-state index < -0.39 is 0 Å². The molecule has 4 heteroatoms. The zero-order valence-corrected chi connectivity index (χ0v) is 11.3. The van der Waals surface area contributed by atoms with Gasteiger partial charge < -0.3 is 19.9 Å². The Kier molecular flexibility index (Phi) is 3.48. The van der Waals surface area contributed by atoms with Crippen LogP contribution in [0.4, 0.5) is 0 Å². The van der Waals surface area contributed by atoms with Gasteiger partial charge >= 0.3 is 0 Å². The molecule has 2 aromatic carbocycles. The van der Waals surface area contributed by atoms with Crippen molar-refractivity contribution in [3.8, 4) is 17.2 Å². The molecule has 2 N–H and O–H groups in total. The molecule has 0 bridgehead atoms. The molecule has 1 aliphatic rings. The molecule has 0 saturated carbocycles. The van der Waals surface area contributed by atoms with Crippen LogP contribution < -0.4 is 14.8 Å². The van der Waals surface area contributed by atoms with E-state index in [-0.39, 0.29) is 6.04 Å². The van der Waals surface area contributed by atoms with Crippen molar-refractivity contribution in [2.75, 3.05) is 6.79 Å². The van der Waals surface area contributed by atoms with Gasteiger partial charge in [0.05, 0.1) is 0 Å². The number of fused-ring (bicyclic) bond motifs is 1. The van der Waals surface area contributed by atoms with Crippen LogP contribution in [0.15, 0.2) is 42.5 Å². The highest BCUT2D eigenvalue weighted by Crippen LogP contribution is 2.32. The highest BCUT2D eigenvalue weighted by atomic mass is 16.7. The lowest BCUT2D eigenvalue weighted by atomic mass is 10.1. The molecular weight excluding hydrogens is 254 g/mol. The number of hydrogen-bond donors (Lipinski definition) is 2. The van der Waals surface area contributed by atoms with Crippen molar-refractivity contribution in [3.63, 3.8) is 0 Å². The smallest absolute Gasteiger partial charge is 0.231 e. The molecule has 0 spiro atoms. The average molecular weight is 271 g/mol. The summed E-state index contributed by atoms with van der Waals surface area (Å²) >= 11 is 0. The number of hydrogen-bond acceptors (Lipinski definition) is 4. The zero-order valence-electron chi connectivity index (χ0n) is 11.3. The second kappa shape index (κ2) is 5.43. The molecule has 3 rings (SSSR count). The van der Waals surface area contributed by atoms with Crippen molar-refractivity contribution in [1.82, 2.24) is 5.32 Å². The van der Waals surface area contributed by atoms with Crippen LogP contribution in [0.1, 0.15) is 24.1 Å². The lowest BCUT2D eigenvalue weighted by molar-refractivity contribution is 0.174. The standard InChI is InChI=1S/C16H17NO3/c1-11(13-4-2-3-5-14(13)18)17-9-12-6-7-15-16(8-12)20-10-19-15/h2-8,11,17-18H,9-10H2,1H3/t11-/m1/s1. The molecule has 0 aliphatic carbocycles. The van der Waals surface area contributed by atoms with Gasteiger partial charge in [-0.1, -0.05) is 24.3 Å². The third kappa shape index (κ3) is 2.56. The van der Waals surface area contributed by atoms with E-state index in [9.17, 15) is 5.11 Å². The summed E-state index contributed by atoms with van der Waals surface area (Å²) in [6, 6.07) is 13.4. The fraction of sp³-hybridized carbons (Fsp3) is 0.250. The Hall–Kier alpha value is -2.20. The van der Waals surface area contributed by atoms with Crippen molar-refractivity contribution in [2.45, 2.75) is 19.5 Å². The average Bonchev–Trinajstić information content (AvgIpc) is 2.92. The van der Waals surface area contributed by atoms with Gasteiger partial charge in [-0.15, -0.1) is 0 Å². The first-order valence-electron chi connectivity index (χ1n) is 6.64. The quantitative estimate of drug-likeness (QED) is 0.897. The van der Waals surface area contributed by atoms with Gasteiger partial charge in [0.2, 0.25) is 6.79 Å². The number of benzene rings is 2. The molecule has 2 aromatic rings. The number of aromatic hydroxyl groups is 1. The number of phenolic OH excluding ortho intramolecular Hbond substituents is 1. The summed E-state index contributed by atoms with van der Waals surface area (Å²) in [5.41, 5.74) is 2.02. The SMILES string of the molecule is C[C@@H](NCc1ccc2c(c1)OCO2)c1ccccc1O. The maximum atomic E-state index is 9.83. The normalized spacial score (nSPS) is 14.2. The molecule has 4 nitrogen and oxygen atoms in total. The van der Waals surface area contributed by atoms with Crippen LogP contribution in [0.5, 0.6) is 17.2 Å². The minimum absolute atomic E-state index is 0.0709. The molecule has 0 aromatic heterocycles. The van der Waals surface area contributed by atoms with Gasteiger partial charge in [0.25, 0.3) is 0 Å². The van der Waals surface area contributed by atoms with E-state index in [0.29, 0.717) is 19.1 Å². The monoisotopic (exact) mass is 271 g/mol. The minimum atomic E-state index is 0.0709. The first kappa shape index (κ1) is 12.8. The van der Waals surface area contributed by atoms with Gasteiger partial charge in [-0.05, 0) is 30.7 Å². The van der Waals surface area contributed by atoms with Crippen LogP contribution in [0, 0.1) is 0 Å². The molecule has 0 saturated heterocycles. The van der Waals surface area contributed by atoms with Crippen LogP contribution in [0.2, 0.25) is 0 Å². The third-order valence-electron chi connectivity index (χ3n) is 3.45. The van der Waals surface area contributed by atoms with Gasteiger partial charge in [0.1, 0.15) is 5.75 Å². The maximum Gasteiger partial charge on any atom is 0.231 e. The first-order chi connectivity index (χ1) is 9.74. The van der Waals surface area contributed by atoms with Crippen molar-refractivity contribution in [3.05, 3.63) is 53.6 Å². The van der Waals surface area contributed by atoms with Crippen molar-refractivity contribution in [1.29, 1.82) is 0 Å². The Balaban J connectivity index is 1.66. The molecule has 0 radical (unpaired) electrons. The summed E-state index contributed by atoms with van der Waals surface area (Å²) in [6.45, 7) is 3.02. The fourth-order valence-corrected chi connectivity index (χ4v) is 2.29. The maximum absolute atomic E-state index is 9.83. The van der Waals surface area contributed by atoms with E-state index in [2.05, 4.69) is 5.32 Å². The van der Waals surface area contributed by atoms with E-state index in [4.69, 9.17) is 9.47 Å². The number of para-hydroxylation sites is 1. The molecular formula is C16H17NO3. The summed E-state index contributed by atoms with van der Waals surface area (Å²) < 4.78 is 10.6. The molecule has 0 amide bonds. The van der Waals surface area contributed by atoms with Crippen LogP contribution in [0.3, 0.4) is 0 Å². The van der Waals surface area contributed by atoms with E-state index in [1.807, 2.05) is 43.3 Å². The van der Waals surface area contributed by atoms with Crippen molar-refractivity contribution in [2.24, 2.45) is 0 Å². The number of nitrogens with one attached hydrogen (secondary N) is 1. The predicted molar refractivity (Wildman–Crippen MR) is 75.9 cm³/mol. The summed E-state index contributed by atoms with van der Waals surface area (Å²) in [5.74, 6) is 1.90. The first-order valence-corrected chi connectivity index (χ1v) is 6.64. The van der Waals surface area contributed by atoms with Crippen molar-refractivity contribution < 1.29 is 14.6 Å². The summed E-state index contributed by atoms with van der Waals surface area (Å²) in [5, 5.41) is 13.2. The van der Waals surface area contributed by atoms with Crippen LogP contribution in [-0.2, 0) is 6.54 Å². The molecule has 20 heavy (non-hydrogen) atoms. The van der Waals surface area contributed by atoms with Crippen molar-refractivity contribution >= 4 is 0 Å². The Morgan fingerprint density at radius 1 is 1.15 bits per heavy atom. The highest BCUT2D eigenvalue weighted by Gasteiger charge is 2.14. The van der Waals surface area contributed by atoms with E-state index in [0.717, 1.165) is 22.6 Å². The minimum Gasteiger partial charge on any atom is -0.508 e. The van der Waals surface area contributed by atoms with Crippen LogP contribution >= 0.6 is 0 Å². The number of ether oxygens (including phenoxy) is 2. The molecule has 1 heterocycles. The summed E-state index contributed by atoms with van der Waals surface area (Å²) in [6.07, 6.45) is 0. The van der Waals surface area contributed by atoms with Gasteiger partial charge in [-0.25, -0.2) is 0 Å². The van der Waals surface area contributed by atoms with Crippen LogP contribution in [0.25, 0.3) is 0 Å². The van der Waals surface area contributed by atoms with Gasteiger partial charge in [-0.3, -0.25) is 0 Å². The molecule has 0 fully saturated rings. The largest absolute Gasteiger partial charge is 0.508 e.